The van der Waals surface area contributed by atoms with E-state index in [0.29, 0.717) is 18.8 Å². The summed E-state index contributed by atoms with van der Waals surface area (Å²) in [6, 6.07) is 18.8. The number of carbonyl (C=O) groups excluding carboxylic acids is 1. The van der Waals surface area contributed by atoms with Gasteiger partial charge in [-0.1, -0.05) is 48.4 Å². The zero-order valence-electron chi connectivity index (χ0n) is 16.6. The second kappa shape index (κ2) is 7.59. The number of hydrogen-bond acceptors (Lipinski definition) is 4. The van der Waals surface area contributed by atoms with Crippen molar-refractivity contribution in [3.05, 3.63) is 102 Å². The summed E-state index contributed by atoms with van der Waals surface area (Å²) in [7, 11) is 0. The van der Waals surface area contributed by atoms with Gasteiger partial charge in [-0.15, -0.1) is 0 Å². The largest absolute Gasteiger partial charge is 0.350 e. The number of hydroxylamine groups is 2. The fourth-order valence-electron chi connectivity index (χ4n) is 4.06. The Labute approximate surface area is 179 Å². The third-order valence-corrected chi connectivity index (χ3v) is 5.45. The quantitative estimate of drug-likeness (QED) is 0.516. The average molecular weight is 409 g/mol. The van der Waals surface area contributed by atoms with Crippen LogP contribution >= 0.6 is 0 Å². The molecule has 0 saturated carbocycles. The maximum atomic E-state index is 12.2. The Kier molecular flexibility index (Phi) is 4.62. The van der Waals surface area contributed by atoms with Crippen molar-refractivity contribution in [3.63, 3.8) is 0 Å². The number of carbonyl (C=O) groups is 1. The predicted octanol–water partition coefficient (Wildman–Crippen LogP) is 3.09. The zero-order chi connectivity index (χ0) is 21.3. The van der Waals surface area contributed by atoms with Gasteiger partial charge in [0, 0.05) is 24.4 Å². The average Bonchev–Trinajstić information content (AvgIpc) is 3.44. The minimum absolute atomic E-state index is 0.391. The van der Waals surface area contributed by atoms with E-state index in [-0.39, 0.29) is 0 Å². The number of urea groups is 1. The summed E-state index contributed by atoms with van der Waals surface area (Å²) in [4.78, 5) is 26.4. The number of hydrogen-bond donors (Lipinski definition) is 1. The van der Waals surface area contributed by atoms with Crippen LogP contribution in [0, 0.1) is 11.8 Å². The lowest BCUT2D eigenvalue weighted by molar-refractivity contribution is -0.107. The monoisotopic (exact) mass is 409 g/mol. The van der Waals surface area contributed by atoms with E-state index in [2.05, 4.69) is 21.8 Å². The lowest BCUT2D eigenvalue weighted by Gasteiger charge is -2.36. The van der Waals surface area contributed by atoms with Crippen LogP contribution in [0.15, 0.2) is 79.3 Å². The minimum atomic E-state index is -0.808. The van der Waals surface area contributed by atoms with E-state index in [1.165, 1.54) is 5.06 Å². The summed E-state index contributed by atoms with van der Waals surface area (Å²) in [5.74, 6) is 6.96. The molecule has 2 amide bonds. The number of nitrogens with two attached hydrogens (primary N) is 1. The van der Waals surface area contributed by atoms with Crippen LogP contribution in [0.2, 0.25) is 0 Å². The van der Waals surface area contributed by atoms with Gasteiger partial charge in [0.15, 0.2) is 0 Å². The molecule has 4 aromatic rings. The van der Waals surface area contributed by atoms with Crippen LogP contribution in [0.25, 0.3) is 5.78 Å². The number of aromatic nitrogens is 3. The standard InChI is InChI=1S/C24H19N5O2/c25-22(30)29-24(12-15-31-29,19-7-2-1-3-8-19)20-9-4-6-18(16-20)10-11-21-17-27-23-26-13-5-14-28(21)23/h1-9,13-14,16-17H,12,15H2,(H2,25,30). The number of primary amides is 1. The van der Waals surface area contributed by atoms with Crippen LogP contribution in [0.1, 0.15) is 28.8 Å². The molecule has 1 fully saturated rings. The molecule has 152 valence electrons. The van der Waals surface area contributed by atoms with Gasteiger partial charge in [-0.2, -0.15) is 5.06 Å². The van der Waals surface area contributed by atoms with Gasteiger partial charge in [0.05, 0.1) is 12.8 Å². The van der Waals surface area contributed by atoms with Gasteiger partial charge in [0.25, 0.3) is 0 Å². The first-order valence-electron chi connectivity index (χ1n) is 9.87. The summed E-state index contributed by atoms with van der Waals surface area (Å²) in [5, 5.41) is 1.28. The third-order valence-electron chi connectivity index (χ3n) is 5.45. The molecule has 2 aromatic carbocycles. The highest BCUT2D eigenvalue weighted by Crippen LogP contribution is 2.43. The first kappa shape index (κ1) is 18.9. The first-order valence-corrected chi connectivity index (χ1v) is 9.87. The van der Waals surface area contributed by atoms with Crippen LogP contribution in [0.3, 0.4) is 0 Å². The summed E-state index contributed by atoms with van der Waals surface area (Å²) < 4.78 is 1.84. The van der Waals surface area contributed by atoms with Crippen LogP contribution in [0.4, 0.5) is 4.79 Å². The molecule has 0 aliphatic carbocycles. The van der Waals surface area contributed by atoms with Crippen LogP contribution in [0.5, 0.6) is 0 Å². The molecule has 1 saturated heterocycles. The molecular weight excluding hydrogens is 390 g/mol. The molecule has 1 atom stereocenters. The molecule has 0 spiro atoms. The van der Waals surface area contributed by atoms with E-state index in [1.54, 1.807) is 12.4 Å². The minimum Gasteiger partial charge on any atom is -0.350 e. The zero-order valence-corrected chi connectivity index (χ0v) is 16.6. The number of fused-ring (bicyclic) bond motifs is 1. The van der Waals surface area contributed by atoms with Crippen LogP contribution in [-0.4, -0.2) is 32.1 Å². The Morgan fingerprint density at radius 1 is 1.03 bits per heavy atom. The Hall–Kier alpha value is -4.15. The summed E-state index contributed by atoms with van der Waals surface area (Å²) in [6.07, 6.45) is 5.86. The van der Waals surface area contributed by atoms with Crippen LogP contribution < -0.4 is 5.73 Å². The van der Waals surface area contributed by atoms with Crippen molar-refractivity contribution in [3.8, 4) is 11.8 Å². The first-order chi connectivity index (χ1) is 15.2. The van der Waals surface area contributed by atoms with E-state index >= 15 is 0 Å². The van der Waals surface area contributed by atoms with Gasteiger partial charge >= 0.3 is 6.03 Å². The molecule has 7 nitrogen and oxygen atoms in total. The topological polar surface area (TPSA) is 85.8 Å². The third kappa shape index (κ3) is 3.19. The number of amides is 2. The Bertz CT molecular complexity index is 1320. The molecule has 5 rings (SSSR count). The SMILES string of the molecule is NC(=O)N1OCCC1(c1ccccc1)c1cccc(C#Cc2cnc3ncccn23)c1. The lowest BCUT2D eigenvalue weighted by atomic mass is 9.80. The molecular formula is C24H19N5O2. The second-order valence-corrected chi connectivity index (χ2v) is 7.21. The van der Waals surface area contributed by atoms with Crippen LogP contribution in [-0.2, 0) is 10.4 Å². The lowest BCUT2D eigenvalue weighted by Crippen LogP contribution is -2.47. The molecule has 31 heavy (non-hydrogen) atoms. The van der Waals surface area contributed by atoms with Crippen molar-refractivity contribution < 1.29 is 9.63 Å². The maximum absolute atomic E-state index is 12.2. The highest BCUT2D eigenvalue weighted by molar-refractivity contribution is 5.73. The molecule has 2 N–H and O–H groups in total. The maximum Gasteiger partial charge on any atom is 0.339 e. The van der Waals surface area contributed by atoms with Gasteiger partial charge in [-0.3, -0.25) is 9.24 Å². The molecule has 1 unspecified atom stereocenters. The number of nitrogens with zero attached hydrogens (tertiary/aromatic N) is 4. The van der Waals surface area contributed by atoms with Gasteiger partial charge in [-0.05, 0) is 35.2 Å². The molecule has 0 radical (unpaired) electrons. The van der Waals surface area contributed by atoms with Crippen molar-refractivity contribution in [1.82, 2.24) is 19.4 Å². The second-order valence-electron chi connectivity index (χ2n) is 7.21. The molecule has 0 bridgehead atoms. The Balaban J connectivity index is 1.59. The summed E-state index contributed by atoms with van der Waals surface area (Å²) >= 11 is 0. The Morgan fingerprint density at radius 2 is 1.87 bits per heavy atom. The van der Waals surface area contributed by atoms with Crippen molar-refractivity contribution >= 4 is 11.8 Å². The van der Waals surface area contributed by atoms with Crippen molar-refractivity contribution in [2.75, 3.05) is 6.61 Å². The van der Waals surface area contributed by atoms with E-state index in [4.69, 9.17) is 10.6 Å². The predicted molar refractivity (Wildman–Crippen MR) is 115 cm³/mol. The fourth-order valence-corrected chi connectivity index (χ4v) is 4.06. The van der Waals surface area contributed by atoms with Crippen molar-refractivity contribution in [1.29, 1.82) is 0 Å². The summed E-state index contributed by atoms with van der Waals surface area (Å²) in [5.41, 5.74) is 8.25. The van der Waals surface area contributed by atoms with E-state index < -0.39 is 11.6 Å². The number of rotatable bonds is 2. The molecule has 1 aliphatic heterocycles. The highest BCUT2D eigenvalue weighted by atomic mass is 16.7. The molecule has 7 heteroatoms. The van der Waals surface area contributed by atoms with Crippen molar-refractivity contribution in [2.45, 2.75) is 12.0 Å². The van der Waals surface area contributed by atoms with Gasteiger partial charge in [0.2, 0.25) is 5.78 Å². The number of imidazole rings is 1. The molecule has 3 heterocycles. The normalized spacial score (nSPS) is 18.0. The molecule has 1 aliphatic rings. The van der Waals surface area contributed by atoms with E-state index in [1.807, 2.05) is 71.3 Å². The van der Waals surface area contributed by atoms with Crippen molar-refractivity contribution in [2.24, 2.45) is 5.73 Å². The fraction of sp³-hybridized carbons (Fsp3) is 0.125. The smallest absolute Gasteiger partial charge is 0.339 e. The van der Waals surface area contributed by atoms with E-state index in [9.17, 15) is 4.79 Å². The van der Waals surface area contributed by atoms with Gasteiger partial charge < -0.3 is 5.73 Å². The number of benzene rings is 2. The molecule has 2 aromatic heterocycles. The Morgan fingerprint density at radius 3 is 2.71 bits per heavy atom. The van der Waals surface area contributed by atoms with Gasteiger partial charge in [0.1, 0.15) is 11.2 Å². The van der Waals surface area contributed by atoms with E-state index in [0.717, 1.165) is 22.4 Å². The summed E-state index contributed by atoms with van der Waals surface area (Å²) in [6.45, 7) is 0.391. The van der Waals surface area contributed by atoms with Gasteiger partial charge in [-0.25, -0.2) is 14.8 Å². The highest BCUT2D eigenvalue weighted by Gasteiger charge is 2.47.